The van der Waals surface area contributed by atoms with E-state index < -0.39 is 5.54 Å². The second kappa shape index (κ2) is 5.58. The van der Waals surface area contributed by atoms with Gasteiger partial charge >= 0.3 is 0 Å². The van der Waals surface area contributed by atoms with E-state index in [2.05, 4.69) is 21.0 Å². The Kier molecular flexibility index (Phi) is 4.20. The van der Waals surface area contributed by atoms with Gasteiger partial charge in [-0.05, 0) is 47.5 Å². The molecule has 0 spiro atoms. The van der Waals surface area contributed by atoms with Gasteiger partial charge in [-0.25, -0.2) is 0 Å². The van der Waals surface area contributed by atoms with E-state index in [1.54, 1.807) is 7.11 Å². The number of methoxy groups -OCH3 is 1. The molecule has 1 heterocycles. The van der Waals surface area contributed by atoms with Gasteiger partial charge in [0.05, 0.1) is 23.0 Å². The fraction of sp³-hybridized carbons (Fsp3) is 0.400. The Balaban J connectivity index is 2.29. The van der Waals surface area contributed by atoms with Gasteiger partial charge in [0.1, 0.15) is 5.75 Å². The van der Waals surface area contributed by atoms with Crippen LogP contribution in [0, 0.1) is 6.92 Å². The number of aryl methyl sites for hydroxylation is 2. The lowest BCUT2D eigenvalue weighted by Crippen LogP contribution is -2.36. The Hall–Kier alpha value is -1.33. The molecule has 108 valence electrons. The Morgan fingerprint density at radius 2 is 1.95 bits per heavy atom. The minimum absolute atomic E-state index is 0.463. The van der Waals surface area contributed by atoms with Crippen LogP contribution in [-0.2, 0) is 19.0 Å². The van der Waals surface area contributed by atoms with Crippen LogP contribution >= 0.6 is 15.9 Å². The third kappa shape index (κ3) is 2.88. The second-order valence-electron chi connectivity index (χ2n) is 5.29. The van der Waals surface area contributed by atoms with Gasteiger partial charge in [0.2, 0.25) is 0 Å². The standard InChI is InChI=1S/C15H20BrN3O/c1-10-14(16)13(19(3)18-10)9-15(2,17)11-5-7-12(20-4)8-6-11/h5-8H,9,17H2,1-4H3. The minimum Gasteiger partial charge on any atom is -0.497 e. The number of nitrogens with two attached hydrogens (primary N) is 1. The zero-order chi connectivity index (χ0) is 14.9. The Morgan fingerprint density at radius 3 is 2.40 bits per heavy atom. The van der Waals surface area contributed by atoms with Crippen LogP contribution in [0.4, 0.5) is 0 Å². The van der Waals surface area contributed by atoms with Gasteiger partial charge in [-0.3, -0.25) is 4.68 Å². The van der Waals surface area contributed by atoms with E-state index in [9.17, 15) is 0 Å². The zero-order valence-corrected chi connectivity index (χ0v) is 13.9. The number of hydrogen-bond acceptors (Lipinski definition) is 3. The van der Waals surface area contributed by atoms with Crippen LogP contribution in [0.5, 0.6) is 5.75 Å². The van der Waals surface area contributed by atoms with Crippen molar-refractivity contribution >= 4 is 15.9 Å². The van der Waals surface area contributed by atoms with Crippen LogP contribution in [0.25, 0.3) is 0 Å². The first-order valence-corrected chi connectivity index (χ1v) is 7.26. The molecule has 0 radical (unpaired) electrons. The molecular formula is C15H20BrN3O. The highest BCUT2D eigenvalue weighted by Gasteiger charge is 2.25. The van der Waals surface area contributed by atoms with Gasteiger partial charge in [0.25, 0.3) is 0 Å². The predicted molar refractivity (Wildman–Crippen MR) is 83.9 cm³/mol. The minimum atomic E-state index is -0.463. The maximum atomic E-state index is 6.51. The fourth-order valence-corrected chi connectivity index (χ4v) is 2.77. The van der Waals surface area contributed by atoms with E-state index in [-0.39, 0.29) is 0 Å². The van der Waals surface area contributed by atoms with Gasteiger partial charge in [0.15, 0.2) is 0 Å². The summed E-state index contributed by atoms with van der Waals surface area (Å²) >= 11 is 3.59. The Morgan fingerprint density at radius 1 is 1.35 bits per heavy atom. The maximum absolute atomic E-state index is 6.51. The van der Waals surface area contributed by atoms with Crippen molar-refractivity contribution in [1.29, 1.82) is 0 Å². The van der Waals surface area contributed by atoms with E-state index in [4.69, 9.17) is 10.5 Å². The fourth-order valence-electron chi connectivity index (χ4n) is 2.29. The summed E-state index contributed by atoms with van der Waals surface area (Å²) in [6, 6.07) is 7.89. The third-order valence-electron chi connectivity index (χ3n) is 3.55. The molecule has 4 nitrogen and oxygen atoms in total. The predicted octanol–water partition coefficient (Wildman–Crippen LogP) is 2.92. The van der Waals surface area contributed by atoms with Crippen molar-refractivity contribution < 1.29 is 4.74 Å². The first kappa shape index (κ1) is 15.1. The first-order valence-electron chi connectivity index (χ1n) is 6.46. The van der Waals surface area contributed by atoms with Crippen LogP contribution in [-0.4, -0.2) is 16.9 Å². The molecule has 0 bridgehead atoms. The van der Waals surface area contributed by atoms with Crippen molar-refractivity contribution in [3.63, 3.8) is 0 Å². The number of rotatable bonds is 4. The van der Waals surface area contributed by atoms with Crippen molar-refractivity contribution in [2.45, 2.75) is 25.8 Å². The molecule has 0 aliphatic heterocycles. The first-order chi connectivity index (χ1) is 9.35. The SMILES string of the molecule is COc1ccc(C(C)(N)Cc2c(Br)c(C)nn2C)cc1. The summed E-state index contributed by atoms with van der Waals surface area (Å²) in [5, 5.41) is 4.41. The Labute approximate surface area is 128 Å². The molecule has 1 aromatic carbocycles. The van der Waals surface area contributed by atoms with Gasteiger partial charge < -0.3 is 10.5 Å². The summed E-state index contributed by atoms with van der Waals surface area (Å²) in [6.45, 7) is 4.01. The van der Waals surface area contributed by atoms with Crippen molar-refractivity contribution in [2.75, 3.05) is 7.11 Å². The highest BCUT2D eigenvalue weighted by atomic mass is 79.9. The molecule has 5 heteroatoms. The second-order valence-corrected chi connectivity index (χ2v) is 6.09. The van der Waals surface area contributed by atoms with E-state index in [0.717, 1.165) is 27.2 Å². The highest BCUT2D eigenvalue weighted by Crippen LogP contribution is 2.29. The van der Waals surface area contributed by atoms with Gasteiger partial charge in [0, 0.05) is 19.0 Å². The van der Waals surface area contributed by atoms with Crippen LogP contribution < -0.4 is 10.5 Å². The van der Waals surface area contributed by atoms with Crippen LogP contribution in [0.2, 0.25) is 0 Å². The lowest BCUT2D eigenvalue weighted by atomic mass is 9.88. The molecule has 1 aromatic heterocycles. The lowest BCUT2D eigenvalue weighted by Gasteiger charge is -2.25. The molecule has 0 aliphatic carbocycles. The quantitative estimate of drug-likeness (QED) is 0.933. The number of ether oxygens (including phenoxy) is 1. The molecule has 0 saturated heterocycles. The van der Waals surface area contributed by atoms with E-state index in [0.29, 0.717) is 6.42 Å². The molecule has 0 aliphatic rings. The number of aromatic nitrogens is 2. The normalized spacial score (nSPS) is 14.1. The summed E-state index contributed by atoms with van der Waals surface area (Å²) in [4.78, 5) is 0. The van der Waals surface area contributed by atoms with Crippen LogP contribution in [0.15, 0.2) is 28.7 Å². The molecule has 2 aromatic rings. The smallest absolute Gasteiger partial charge is 0.118 e. The molecule has 2 rings (SSSR count). The average molecular weight is 338 g/mol. The third-order valence-corrected chi connectivity index (χ3v) is 4.58. The van der Waals surface area contributed by atoms with Crippen LogP contribution in [0.3, 0.4) is 0 Å². The number of benzene rings is 1. The van der Waals surface area contributed by atoms with E-state index in [1.807, 2.05) is 49.8 Å². The van der Waals surface area contributed by atoms with Crippen molar-refractivity contribution in [3.8, 4) is 5.75 Å². The highest BCUT2D eigenvalue weighted by molar-refractivity contribution is 9.10. The molecule has 2 N–H and O–H groups in total. The monoisotopic (exact) mass is 337 g/mol. The van der Waals surface area contributed by atoms with Crippen LogP contribution in [0.1, 0.15) is 23.9 Å². The molecule has 0 fully saturated rings. The molecular weight excluding hydrogens is 318 g/mol. The van der Waals surface area contributed by atoms with Gasteiger partial charge in [-0.1, -0.05) is 12.1 Å². The molecule has 1 atom stereocenters. The summed E-state index contributed by atoms with van der Waals surface area (Å²) in [7, 11) is 3.60. The van der Waals surface area contributed by atoms with E-state index >= 15 is 0 Å². The molecule has 0 saturated carbocycles. The number of hydrogen-bond donors (Lipinski definition) is 1. The van der Waals surface area contributed by atoms with Crippen molar-refractivity contribution in [3.05, 3.63) is 45.7 Å². The van der Waals surface area contributed by atoms with Gasteiger partial charge in [-0.15, -0.1) is 0 Å². The average Bonchev–Trinajstić information content (AvgIpc) is 2.65. The van der Waals surface area contributed by atoms with Gasteiger partial charge in [-0.2, -0.15) is 5.10 Å². The summed E-state index contributed by atoms with van der Waals surface area (Å²) in [5.74, 6) is 0.835. The summed E-state index contributed by atoms with van der Waals surface area (Å²) < 4.78 is 8.09. The molecule has 0 amide bonds. The number of halogens is 1. The van der Waals surface area contributed by atoms with E-state index in [1.165, 1.54) is 0 Å². The molecule has 20 heavy (non-hydrogen) atoms. The Bertz CT molecular complexity index is 602. The largest absolute Gasteiger partial charge is 0.497 e. The van der Waals surface area contributed by atoms with Crippen molar-refractivity contribution in [2.24, 2.45) is 12.8 Å². The van der Waals surface area contributed by atoms with Crippen molar-refractivity contribution in [1.82, 2.24) is 9.78 Å². The topological polar surface area (TPSA) is 53.1 Å². The maximum Gasteiger partial charge on any atom is 0.118 e. The lowest BCUT2D eigenvalue weighted by molar-refractivity contribution is 0.413. The molecule has 1 unspecified atom stereocenters. The summed E-state index contributed by atoms with van der Waals surface area (Å²) in [6.07, 6.45) is 0.706. The summed E-state index contributed by atoms with van der Waals surface area (Å²) in [5.41, 5.74) is 9.20. The number of nitrogens with zero attached hydrogens (tertiary/aromatic N) is 2. The zero-order valence-electron chi connectivity index (χ0n) is 12.3.